The Morgan fingerprint density at radius 3 is 2.58 bits per heavy atom. The van der Waals surface area contributed by atoms with Gasteiger partial charge in [0, 0.05) is 5.56 Å². The lowest BCUT2D eigenvalue weighted by Gasteiger charge is -2.31. The number of ether oxygens (including phenoxy) is 1. The van der Waals surface area contributed by atoms with Gasteiger partial charge in [-0.2, -0.15) is 0 Å². The molecule has 1 aliphatic rings. The number of hydrogen-bond donors (Lipinski definition) is 0. The van der Waals surface area contributed by atoms with Crippen molar-refractivity contribution in [2.45, 2.75) is 19.4 Å². The summed E-state index contributed by atoms with van der Waals surface area (Å²) in [6.45, 7) is 4.00. The van der Waals surface area contributed by atoms with Gasteiger partial charge in [0.1, 0.15) is 17.2 Å². The molecular weight excluding hydrogens is 239 g/mol. The van der Waals surface area contributed by atoms with Gasteiger partial charge in [-0.05, 0) is 49.3 Å². The Morgan fingerprint density at radius 1 is 1.00 bits per heavy atom. The fourth-order valence-electron chi connectivity index (χ4n) is 2.41. The van der Waals surface area contributed by atoms with Gasteiger partial charge in [0.15, 0.2) is 0 Å². The molecule has 0 fully saturated rings. The molecule has 0 bridgehead atoms. The van der Waals surface area contributed by atoms with Crippen LogP contribution in [0.2, 0.25) is 0 Å². The molecule has 0 aromatic heterocycles. The Hall–Kier alpha value is -2.09. The molecule has 0 saturated carbocycles. The lowest BCUT2D eigenvalue weighted by Crippen LogP contribution is -2.29. The van der Waals surface area contributed by atoms with Crippen molar-refractivity contribution in [3.05, 3.63) is 71.6 Å². The van der Waals surface area contributed by atoms with Crippen LogP contribution in [-0.4, -0.2) is 5.60 Å². The molecule has 2 aromatic carbocycles. The third-order valence-corrected chi connectivity index (χ3v) is 3.18. The van der Waals surface area contributed by atoms with Crippen molar-refractivity contribution in [2.24, 2.45) is 0 Å². The Balaban J connectivity index is 2.20. The fourth-order valence-corrected chi connectivity index (χ4v) is 2.41. The van der Waals surface area contributed by atoms with E-state index in [-0.39, 0.29) is 5.82 Å². The van der Waals surface area contributed by atoms with Crippen LogP contribution in [0.3, 0.4) is 0 Å². The van der Waals surface area contributed by atoms with Crippen molar-refractivity contribution in [2.75, 3.05) is 0 Å². The van der Waals surface area contributed by atoms with Crippen LogP contribution in [0.5, 0.6) is 5.75 Å². The number of halogens is 1. The maximum absolute atomic E-state index is 13.4. The summed E-state index contributed by atoms with van der Waals surface area (Å²) in [6.07, 6.45) is 2.05. The predicted octanol–water partition coefficient (Wildman–Crippen LogP) is 4.43. The second-order valence-corrected chi connectivity index (χ2v) is 5.27. The van der Waals surface area contributed by atoms with Gasteiger partial charge in [0.2, 0.25) is 0 Å². The molecule has 1 heterocycles. The van der Waals surface area contributed by atoms with Crippen molar-refractivity contribution in [1.82, 2.24) is 0 Å². The molecule has 96 valence electrons. The van der Waals surface area contributed by atoms with Crippen LogP contribution in [0.25, 0.3) is 5.57 Å². The summed E-state index contributed by atoms with van der Waals surface area (Å²) in [4.78, 5) is 0. The van der Waals surface area contributed by atoms with E-state index in [9.17, 15) is 4.39 Å². The van der Waals surface area contributed by atoms with Crippen LogP contribution in [0.4, 0.5) is 4.39 Å². The van der Waals surface area contributed by atoms with E-state index in [1.807, 2.05) is 50.3 Å². The van der Waals surface area contributed by atoms with Gasteiger partial charge in [0.25, 0.3) is 0 Å². The van der Waals surface area contributed by atoms with Crippen LogP contribution in [0, 0.1) is 5.82 Å². The highest BCUT2D eigenvalue weighted by atomic mass is 19.1. The molecular formula is C17H15FO. The second kappa shape index (κ2) is 4.23. The molecule has 0 unspecified atom stereocenters. The van der Waals surface area contributed by atoms with Crippen LogP contribution >= 0.6 is 0 Å². The van der Waals surface area contributed by atoms with E-state index >= 15 is 0 Å². The van der Waals surface area contributed by atoms with Gasteiger partial charge in [-0.1, -0.05) is 30.3 Å². The highest BCUT2D eigenvalue weighted by molar-refractivity contribution is 5.84. The Kier molecular flexibility index (Phi) is 2.67. The zero-order valence-electron chi connectivity index (χ0n) is 11.0. The fraction of sp³-hybridized carbons (Fsp3) is 0.176. The first kappa shape index (κ1) is 12.0. The molecule has 2 heteroatoms. The Bertz CT molecular complexity index is 656. The summed E-state index contributed by atoms with van der Waals surface area (Å²) < 4.78 is 19.4. The summed E-state index contributed by atoms with van der Waals surface area (Å²) in [5.41, 5.74) is 2.51. The van der Waals surface area contributed by atoms with Crippen molar-refractivity contribution >= 4 is 5.57 Å². The molecule has 2 aromatic rings. The molecule has 0 atom stereocenters. The quantitative estimate of drug-likeness (QED) is 0.731. The van der Waals surface area contributed by atoms with Gasteiger partial charge in [0.05, 0.1) is 0 Å². The van der Waals surface area contributed by atoms with E-state index in [2.05, 4.69) is 0 Å². The number of hydrogen-bond acceptors (Lipinski definition) is 1. The topological polar surface area (TPSA) is 9.23 Å². The molecule has 0 N–H and O–H groups in total. The molecule has 3 rings (SSSR count). The maximum atomic E-state index is 13.4. The molecule has 0 aliphatic carbocycles. The molecule has 0 spiro atoms. The minimum atomic E-state index is -0.393. The first-order chi connectivity index (χ1) is 9.05. The average molecular weight is 254 g/mol. The average Bonchev–Trinajstić information content (AvgIpc) is 2.36. The van der Waals surface area contributed by atoms with Gasteiger partial charge in [-0.3, -0.25) is 0 Å². The Labute approximate surface area is 112 Å². The second-order valence-electron chi connectivity index (χ2n) is 5.27. The number of fused-ring (bicyclic) bond motifs is 1. The zero-order chi connectivity index (χ0) is 13.5. The minimum Gasteiger partial charge on any atom is -0.483 e. The number of para-hydroxylation sites is 1. The standard InChI is InChI=1S/C17H15FO/c1-17(2)11-15(12-6-5-7-13(18)10-12)14-8-3-4-9-16(14)19-17/h3-11H,1-2H3. The van der Waals surface area contributed by atoms with Gasteiger partial charge < -0.3 is 4.74 Å². The highest BCUT2D eigenvalue weighted by Gasteiger charge is 2.26. The molecule has 1 aliphatic heterocycles. The summed E-state index contributed by atoms with van der Waals surface area (Å²) in [5.74, 6) is 0.620. The van der Waals surface area contributed by atoms with Gasteiger partial charge >= 0.3 is 0 Å². The van der Waals surface area contributed by atoms with Crippen molar-refractivity contribution < 1.29 is 9.13 Å². The SMILES string of the molecule is CC1(C)C=C(c2cccc(F)c2)c2ccccc2O1. The van der Waals surface area contributed by atoms with E-state index in [1.165, 1.54) is 6.07 Å². The summed E-state index contributed by atoms with van der Waals surface area (Å²) in [5, 5.41) is 0. The van der Waals surface area contributed by atoms with Crippen molar-refractivity contribution in [3.63, 3.8) is 0 Å². The van der Waals surface area contributed by atoms with E-state index in [0.717, 1.165) is 22.4 Å². The lowest BCUT2D eigenvalue weighted by molar-refractivity contribution is 0.158. The van der Waals surface area contributed by atoms with Crippen LogP contribution in [0.15, 0.2) is 54.6 Å². The first-order valence-electron chi connectivity index (χ1n) is 6.32. The van der Waals surface area contributed by atoms with E-state index in [4.69, 9.17) is 4.74 Å². The number of rotatable bonds is 1. The van der Waals surface area contributed by atoms with Crippen molar-refractivity contribution in [1.29, 1.82) is 0 Å². The maximum Gasteiger partial charge on any atom is 0.128 e. The molecule has 0 radical (unpaired) electrons. The monoisotopic (exact) mass is 254 g/mol. The molecule has 0 saturated heterocycles. The van der Waals surface area contributed by atoms with E-state index in [0.29, 0.717) is 0 Å². The van der Waals surface area contributed by atoms with Gasteiger partial charge in [-0.25, -0.2) is 4.39 Å². The smallest absolute Gasteiger partial charge is 0.128 e. The lowest BCUT2D eigenvalue weighted by atomic mass is 9.90. The van der Waals surface area contributed by atoms with Gasteiger partial charge in [-0.15, -0.1) is 0 Å². The van der Waals surface area contributed by atoms with Crippen molar-refractivity contribution in [3.8, 4) is 5.75 Å². The van der Waals surface area contributed by atoms with E-state index < -0.39 is 5.60 Å². The third-order valence-electron chi connectivity index (χ3n) is 3.18. The molecule has 0 amide bonds. The summed E-state index contributed by atoms with van der Waals surface area (Å²) >= 11 is 0. The highest BCUT2D eigenvalue weighted by Crippen LogP contribution is 2.39. The molecule has 1 nitrogen and oxygen atoms in total. The van der Waals surface area contributed by atoms with Crippen LogP contribution in [0.1, 0.15) is 25.0 Å². The van der Waals surface area contributed by atoms with Crippen LogP contribution < -0.4 is 4.74 Å². The normalized spacial score (nSPS) is 16.3. The largest absolute Gasteiger partial charge is 0.483 e. The zero-order valence-corrected chi connectivity index (χ0v) is 11.0. The van der Waals surface area contributed by atoms with E-state index in [1.54, 1.807) is 12.1 Å². The summed E-state index contributed by atoms with van der Waals surface area (Å²) in [6, 6.07) is 14.5. The third kappa shape index (κ3) is 2.26. The number of benzene rings is 2. The summed E-state index contributed by atoms with van der Waals surface area (Å²) in [7, 11) is 0. The first-order valence-corrected chi connectivity index (χ1v) is 6.32. The van der Waals surface area contributed by atoms with Crippen LogP contribution in [-0.2, 0) is 0 Å². The molecule has 19 heavy (non-hydrogen) atoms. The predicted molar refractivity (Wildman–Crippen MR) is 74.6 cm³/mol. The minimum absolute atomic E-state index is 0.222. The Morgan fingerprint density at radius 2 is 1.79 bits per heavy atom.